The molecule has 0 aliphatic carbocycles. The third-order valence-electron chi connectivity index (χ3n) is 6.34. The summed E-state index contributed by atoms with van der Waals surface area (Å²) in [6.45, 7) is 1.03. The smallest absolute Gasteiger partial charge is 0.221 e. The van der Waals surface area contributed by atoms with E-state index in [0.717, 1.165) is 33.2 Å². The van der Waals surface area contributed by atoms with E-state index < -0.39 is 0 Å². The standard InChI is InChI=1S/C30H25ClFN3O/c31-24-5-3-4-23(16-24)27(17-30(36)34-18-21-12-14-33-15-13-21)28-20-35(29-7-2-1-6-26(28)29)19-22-8-10-25(32)11-9-22/h1-16,20,27H,17-19H2,(H,34,36)/t27-/m0/s1. The summed E-state index contributed by atoms with van der Waals surface area (Å²) in [5.74, 6) is -0.497. The van der Waals surface area contributed by atoms with E-state index >= 15 is 0 Å². The molecule has 1 amide bonds. The molecule has 180 valence electrons. The van der Waals surface area contributed by atoms with Crippen molar-refractivity contribution in [2.75, 3.05) is 0 Å². The highest BCUT2D eigenvalue weighted by Gasteiger charge is 2.23. The zero-order valence-electron chi connectivity index (χ0n) is 19.6. The number of benzene rings is 3. The van der Waals surface area contributed by atoms with E-state index in [0.29, 0.717) is 18.1 Å². The fraction of sp³-hybridized carbons (Fsp3) is 0.133. The van der Waals surface area contributed by atoms with Crippen molar-refractivity contribution in [2.45, 2.75) is 25.4 Å². The van der Waals surface area contributed by atoms with Crippen LogP contribution < -0.4 is 5.32 Å². The Morgan fingerprint density at radius 2 is 1.72 bits per heavy atom. The van der Waals surface area contributed by atoms with Crippen molar-refractivity contribution < 1.29 is 9.18 Å². The molecule has 0 aliphatic rings. The van der Waals surface area contributed by atoms with Gasteiger partial charge in [0, 0.05) is 59.9 Å². The lowest BCUT2D eigenvalue weighted by Gasteiger charge is -2.18. The first kappa shape index (κ1) is 23.8. The Morgan fingerprint density at radius 1 is 0.944 bits per heavy atom. The van der Waals surface area contributed by atoms with Crippen molar-refractivity contribution in [3.05, 3.63) is 137 Å². The summed E-state index contributed by atoms with van der Waals surface area (Å²) < 4.78 is 15.6. The number of aromatic nitrogens is 2. The summed E-state index contributed by atoms with van der Waals surface area (Å²) in [5.41, 5.74) is 5.08. The highest BCUT2D eigenvalue weighted by molar-refractivity contribution is 6.30. The first-order valence-corrected chi connectivity index (χ1v) is 12.2. The monoisotopic (exact) mass is 497 g/mol. The maximum absolute atomic E-state index is 13.4. The molecule has 1 atom stereocenters. The fourth-order valence-corrected chi connectivity index (χ4v) is 4.76. The van der Waals surface area contributed by atoms with Crippen molar-refractivity contribution in [2.24, 2.45) is 0 Å². The predicted octanol–water partition coefficient (Wildman–Crippen LogP) is 6.72. The molecule has 3 aromatic carbocycles. The summed E-state index contributed by atoms with van der Waals surface area (Å²) in [6.07, 6.45) is 5.81. The SMILES string of the molecule is O=C(C[C@@H](c1cccc(Cl)c1)c1cn(Cc2ccc(F)cc2)c2ccccc12)NCc1ccncc1. The quantitative estimate of drug-likeness (QED) is 0.259. The zero-order valence-corrected chi connectivity index (χ0v) is 20.3. The number of para-hydroxylation sites is 1. The number of halogens is 2. The van der Waals surface area contributed by atoms with Crippen molar-refractivity contribution in [1.82, 2.24) is 14.9 Å². The lowest BCUT2D eigenvalue weighted by molar-refractivity contribution is -0.121. The number of fused-ring (bicyclic) bond motifs is 1. The summed E-state index contributed by atoms with van der Waals surface area (Å²) in [7, 11) is 0. The molecule has 0 saturated heterocycles. The van der Waals surface area contributed by atoms with Gasteiger partial charge in [0.15, 0.2) is 0 Å². The van der Waals surface area contributed by atoms with Crippen LogP contribution in [0.4, 0.5) is 4.39 Å². The highest BCUT2D eigenvalue weighted by atomic mass is 35.5. The Bertz CT molecular complexity index is 1480. The number of hydrogen-bond acceptors (Lipinski definition) is 2. The number of amides is 1. The van der Waals surface area contributed by atoms with Crippen LogP contribution in [0.2, 0.25) is 5.02 Å². The van der Waals surface area contributed by atoms with Crippen molar-refractivity contribution in [3.63, 3.8) is 0 Å². The molecular weight excluding hydrogens is 473 g/mol. The van der Waals surface area contributed by atoms with Gasteiger partial charge in [0.1, 0.15) is 5.82 Å². The van der Waals surface area contributed by atoms with Gasteiger partial charge in [0.25, 0.3) is 0 Å². The summed E-state index contributed by atoms with van der Waals surface area (Å²) in [5, 5.41) is 4.75. The Labute approximate surface area is 214 Å². The third kappa shape index (κ3) is 5.47. The average molecular weight is 498 g/mol. The second-order valence-electron chi connectivity index (χ2n) is 8.80. The van der Waals surface area contributed by atoms with E-state index in [9.17, 15) is 9.18 Å². The topological polar surface area (TPSA) is 46.9 Å². The molecule has 0 radical (unpaired) electrons. The molecule has 0 saturated carbocycles. The Balaban J connectivity index is 1.49. The van der Waals surface area contributed by atoms with Gasteiger partial charge in [-0.1, -0.05) is 54.1 Å². The van der Waals surface area contributed by atoms with Gasteiger partial charge in [0.2, 0.25) is 5.91 Å². The van der Waals surface area contributed by atoms with Crippen molar-refractivity contribution in [3.8, 4) is 0 Å². The normalized spacial score (nSPS) is 11.9. The van der Waals surface area contributed by atoms with E-state index in [4.69, 9.17) is 11.6 Å². The average Bonchev–Trinajstić information content (AvgIpc) is 3.26. The van der Waals surface area contributed by atoms with Crippen LogP contribution in [0.1, 0.15) is 34.6 Å². The summed E-state index contributed by atoms with van der Waals surface area (Å²) in [4.78, 5) is 17.1. The molecule has 0 fully saturated rings. The molecule has 5 aromatic rings. The molecule has 36 heavy (non-hydrogen) atoms. The van der Waals surface area contributed by atoms with E-state index in [1.54, 1.807) is 24.5 Å². The van der Waals surface area contributed by atoms with Gasteiger partial charge in [0.05, 0.1) is 0 Å². The molecular formula is C30H25ClFN3O. The Kier molecular flexibility index (Phi) is 7.10. The molecule has 2 heterocycles. The highest BCUT2D eigenvalue weighted by Crippen LogP contribution is 2.36. The maximum atomic E-state index is 13.4. The van der Waals surface area contributed by atoms with Crippen LogP contribution in [0.5, 0.6) is 0 Å². The van der Waals surface area contributed by atoms with Crippen LogP contribution >= 0.6 is 11.6 Å². The molecule has 0 aliphatic heterocycles. The fourth-order valence-electron chi connectivity index (χ4n) is 4.56. The van der Waals surface area contributed by atoms with Gasteiger partial charge in [-0.05, 0) is 64.7 Å². The molecule has 2 aromatic heterocycles. The predicted molar refractivity (Wildman–Crippen MR) is 141 cm³/mol. The molecule has 5 rings (SSSR count). The molecule has 6 heteroatoms. The number of nitrogens with one attached hydrogen (secondary N) is 1. The van der Waals surface area contributed by atoms with Gasteiger partial charge in [-0.15, -0.1) is 0 Å². The van der Waals surface area contributed by atoms with Crippen LogP contribution in [0.3, 0.4) is 0 Å². The first-order chi connectivity index (χ1) is 17.6. The number of hydrogen-bond donors (Lipinski definition) is 1. The van der Waals surface area contributed by atoms with E-state index in [1.165, 1.54) is 12.1 Å². The zero-order chi connectivity index (χ0) is 24.9. The number of carbonyl (C=O) groups is 1. The van der Waals surface area contributed by atoms with Crippen LogP contribution in [0.25, 0.3) is 10.9 Å². The molecule has 4 nitrogen and oxygen atoms in total. The molecule has 1 N–H and O–H groups in total. The lowest BCUT2D eigenvalue weighted by Crippen LogP contribution is -2.25. The van der Waals surface area contributed by atoms with Crippen molar-refractivity contribution >= 4 is 28.4 Å². The lowest BCUT2D eigenvalue weighted by atomic mass is 9.88. The number of nitrogens with zero attached hydrogens (tertiary/aromatic N) is 2. The Morgan fingerprint density at radius 3 is 2.50 bits per heavy atom. The maximum Gasteiger partial charge on any atom is 0.221 e. The second kappa shape index (κ2) is 10.8. The third-order valence-corrected chi connectivity index (χ3v) is 6.58. The van der Waals surface area contributed by atoms with Gasteiger partial charge >= 0.3 is 0 Å². The van der Waals surface area contributed by atoms with Gasteiger partial charge in [-0.25, -0.2) is 4.39 Å². The van der Waals surface area contributed by atoms with E-state index in [2.05, 4.69) is 33.2 Å². The number of pyridine rings is 1. The summed E-state index contributed by atoms with van der Waals surface area (Å²) >= 11 is 6.36. The Hall–Kier alpha value is -3.96. The molecule has 0 spiro atoms. The van der Waals surface area contributed by atoms with Crippen LogP contribution in [-0.4, -0.2) is 15.5 Å². The van der Waals surface area contributed by atoms with E-state index in [1.807, 2.05) is 48.5 Å². The minimum Gasteiger partial charge on any atom is -0.352 e. The van der Waals surface area contributed by atoms with Gasteiger partial charge < -0.3 is 9.88 Å². The molecule has 0 bridgehead atoms. The minimum absolute atomic E-state index is 0.0489. The summed E-state index contributed by atoms with van der Waals surface area (Å²) in [6, 6.07) is 26.2. The minimum atomic E-state index is -0.254. The van der Waals surface area contributed by atoms with Crippen LogP contribution in [-0.2, 0) is 17.9 Å². The largest absolute Gasteiger partial charge is 0.352 e. The van der Waals surface area contributed by atoms with Crippen LogP contribution in [0.15, 0.2) is 104 Å². The van der Waals surface area contributed by atoms with Crippen LogP contribution in [0, 0.1) is 5.82 Å². The second-order valence-corrected chi connectivity index (χ2v) is 9.24. The van der Waals surface area contributed by atoms with Crippen molar-refractivity contribution in [1.29, 1.82) is 0 Å². The van der Waals surface area contributed by atoms with Gasteiger partial charge in [-0.3, -0.25) is 9.78 Å². The van der Waals surface area contributed by atoms with E-state index in [-0.39, 0.29) is 24.1 Å². The number of rotatable bonds is 8. The molecule has 0 unspecified atom stereocenters. The number of carbonyl (C=O) groups excluding carboxylic acids is 1. The first-order valence-electron chi connectivity index (χ1n) is 11.8. The van der Waals surface area contributed by atoms with Gasteiger partial charge in [-0.2, -0.15) is 0 Å².